The summed E-state index contributed by atoms with van der Waals surface area (Å²) in [6.45, 7) is 1.04. The lowest BCUT2D eigenvalue weighted by atomic mass is 9.83. The van der Waals surface area contributed by atoms with E-state index in [1.165, 1.54) is 25.7 Å². The molecule has 2 nitrogen and oxygen atoms in total. The van der Waals surface area contributed by atoms with Gasteiger partial charge in [-0.25, -0.2) is 4.98 Å². The van der Waals surface area contributed by atoms with Crippen LogP contribution in [0.1, 0.15) is 31.5 Å². The van der Waals surface area contributed by atoms with E-state index in [9.17, 15) is 0 Å². The first-order valence-corrected chi connectivity index (χ1v) is 7.90. The minimum Gasteiger partial charge on any atom is -0.328 e. The number of aryl methyl sites for hydroxylation is 2. The van der Waals surface area contributed by atoms with Crippen LogP contribution in [0, 0.1) is 5.92 Å². The van der Waals surface area contributed by atoms with Crippen LogP contribution in [0.3, 0.4) is 0 Å². The van der Waals surface area contributed by atoms with Gasteiger partial charge < -0.3 is 4.57 Å². The van der Waals surface area contributed by atoms with E-state index in [2.05, 4.69) is 9.55 Å². The number of benzene rings is 1. The molecule has 1 aliphatic rings. The lowest BCUT2D eigenvalue weighted by molar-refractivity contribution is 0.282. The second kappa shape index (κ2) is 5.72. The Bertz CT molecular complexity index is 573. The first-order valence-electron chi connectivity index (χ1n) is 6.98. The van der Waals surface area contributed by atoms with Crippen LogP contribution < -0.4 is 0 Å². The second-order valence-corrected chi connectivity index (χ2v) is 6.15. The van der Waals surface area contributed by atoms with E-state index in [0.717, 1.165) is 40.8 Å². The number of imidazole rings is 1. The largest absolute Gasteiger partial charge is 0.328 e. The summed E-state index contributed by atoms with van der Waals surface area (Å²) in [6, 6.07) is 5.91. The molecule has 0 spiro atoms. The summed E-state index contributed by atoms with van der Waals surface area (Å²) < 4.78 is 2.31. The first kappa shape index (κ1) is 13.3. The maximum atomic E-state index is 6.11. The van der Waals surface area contributed by atoms with Crippen LogP contribution in [0.4, 0.5) is 0 Å². The van der Waals surface area contributed by atoms with Crippen LogP contribution in [0.15, 0.2) is 18.2 Å². The molecule has 2 aromatic rings. The third-order valence-electron chi connectivity index (χ3n) is 4.09. The van der Waals surface area contributed by atoms with Crippen molar-refractivity contribution in [3.05, 3.63) is 29.0 Å². The number of hydrogen-bond acceptors (Lipinski definition) is 1. The predicted octanol–water partition coefficient (Wildman–Crippen LogP) is 4.66. The monoisotopic (exact) mass is 296 g/mol. The molecule has 19 heavy (non-hydrogen) atoms. The zero-order chi connectivity index (χ0) is 13.2. The normalized spacial score (nSPS) is 15.9. The van der Waals surface area contributed by atoms with Crippen molar-refractivity contribution in [3.63, 3.8) is 0 Å². The minimum absolute atomic E-state index is 0.612. The molecule has 0 N–H and O–H groups in total. The number of hydrogen-bond donors (Lipinski definition) is 0. The van der Waals surface area contributed by atoms with Gasteiger partial charge in [0.15, 0.2) is 0 Å². The summed E-state index contributed by atoms with van der Waals surface area (Å²) in [7, 11) is 0. The van der Waals surface area contributed by atoms with E-state index in [1.54, 1.807) is 0 Å². The molecule has 1 fully saturated rings. The van der Waals surface area contributed by atoms with Gasteiger partial charge in [0.05, 0.1) is 11.0 Å². The third kappa shape index (κ3) is 2.75. The number of fused-ring (bicyclic) bond motifs is 1. The Morgan fingerprint density at radius 2 is 2.16 bits per heavy atom. The van der Waals surface area contributed by atoms with Crippen LogP contribution in [-0.2, 0) is 13.0 Å². The fourth-order valence-electron chi connectivity index (χ4n) is 2.76. The summed E-state index contributed by atoms with van der Waals surface area (Å²) >= 11 is 12.0. The fourth-order valence-corrected chi connectivity index (χ4v) is 3.10. The van der Waals surface area contributed by atoms with E-state index in [1.807, 2.05) is 18.2 Å². The van der Waals surface area contributed by atoms with Gasteiger partial charge in [-0.1, -0.05) is 30.9 Å². The number of alkyl halides is 1. The highest BCUT2D eigenvalue weighted by Gasteiger charge is 2.18. The molecule has 1 saturated carbocycles. The van der Waals surface area contributed by atoms with Crippen molar-refractivity contribution in [1.29, 1.82) is 0 Å². The fraction of sp³-hybridized carbons (Fsp3) is 0.533. The molecule has 0 aliphatic heterocycles. The molecule has 0 bridgehead atoms. The van der Waals surface area contributed by atoms with Crippen molar-refractivity contribution >= 4 is 34.2 Å². The predicted molar refractivity (Wildman–Crippen MR) is 81.1 cm³/mol. The van der Waals surface area contributed by atoms with Crippen LogP contribution in [0.2, 0.25) is 5.02 Å². The highest BCUT2D eigenvalue weighted by molar-refractivity contribution is 6.31. The van der Waals surface area contributed by atoms with Gasteiger partial charge in [0.2, 0.25) is 0 Å². The van der Waals surface area contributed by atoms with Crippen molar-refractivity contribution in [3.8, 4) is 0 Å². The summed E-state index contributed by atoms with van der Waals surface area (Å²) in [5.74, 6) is 2.60. The maximum absolute atomic E-state index is 6.11. The molecule has 1 aromatic heterocycles. The SMILES string of the molecule is ClCCc1nc2ccc(Cl)cc2n1CCC1CCC1. The van der Waals surface area contributed by atoms with Gasteiger partial charge in [-0.2, -0.15) is 0 Å². The van der Waals surface area contributed by atoms with Crippen molar-refractivity contribution in [2.75, 3.05) is 5.88 Å². The highest BCUT2D eigenvalue weighted by atomic mass is 35.5. The van der Waals surface area contributed by atoms with Crippen molar-refractivity contribution in [2.45, 2.75) is 38.6 Å². The zero-order valence-corrected chi connectivity index (χ0v) is 12.4. The Kier molecular flexibility index (Phi) is 3.99. The molecular weight excluding hydrogens is 279 g/mol. The Balaban J connectivity index is 1.91. The molecule has 4 heteroatoms. The smallest absolute Gasteiger partial charge is 0.111 e. The lowest BCUT2D eigenvalue weighted by Crippen LogP contribution is -2.15. The van der Waals surface area contributed by atoms with Crippen molar-refractivity contribution in [1.82, 2.24) is 9.55 Å². The van der Waals surface area contributed by atoms with Gasteiger partial charge in [0.25, 0.3) is 0 Å². The van der Waals surface area contributed by atoms with E-state index >= 15 is 0 Å². The van der Waals surface area contributed by atoms with Gasteiger partial charge in [-0.3, -0.25) is 0 Å². The van der Waals surface area contributed by atoms with E-state index in [-0.39, 0.29) is 0 Å². The topological polar surface area (TPSA) is 17.8 Å². The van der Waals surface area contributed by atoms with Gasteiger partial charge >= 0.3 is 0 Å². The highest BCUT2D eigenvalue weighted by Crippen LogP contribution is 2.31. The molecule has 0 atom stereocenters. The van der Waals surface area contributed by atoms with Crippen LogP contribution >= 0.6 is 23.2 Å². The molecule has 102 valence electrons. The van der Waals surface area contributed by atoms with Crippen LogP contribution in [-0.4, -0.2) is 15.4 Å². The molecule has 0 saturated heterocycles. The van der Waals surface area contributed by atoms with E-state index in [4.69, 9.17) is 23.2 Å². The Morgan fingerprint density at radius 1 is 1.32 bits per heavy atom. The number of halogens is 2. The maximum Gasteiger partial charge on any atom is 0.111 e. The lowest BCUT2D eigenvalue weighted by Gasteiger charge is -2.25. The Hall–Kier alpha value is -0.730. The van der Waals surface area contributed by atoms with Gasteiger partial charge in [0, 0.05) is 23.9 Å². The minimum atomic E-state index is 0.612. The standard InChI is InChI=1S/C15H18Cl2N2/c16-8-6-15-18-13-5-4-12(17)10-14(13)19(15)9-7-11-2-1-3-11/h4-5,10-11H,1-3,6-9H2. The van der Waals surface area contributed by atoms with Gasteiger partial charge in [0.1, 0.15) is 5.82 Å². The second-order valence-electron chi connectivity index (χ2n) is 5.34. The Morgan fingerprint density at radius 3 is 2.84 bits per heavy atom. The summed E-state index contributed by atoms with van der Waals surface area (Å²) in [5, 5.41) is 0.773. The summed E-state index contributed by atoms with van der Waals surface area (Å²) in [4.78, 5) is 4.69. The van der Waals surface area contributed by atoms with Crippen LogP contribution in [0.5, 0.6) is 0 Å². The van der Waals surface area contributed by atoms with Crippen LogP contribution in [0.25, 0.3) is 11.0 Å². The summed E-state index contributed by atoms with van der Waals surface area (Å²) in [6.07, 6.45) is 6.23. The molecule has 1 heterocycles. The summed E-state index contributed by atoms with van der Waals surface area (Å²) in [5.41, 5.74) is 2.17. The molecule has 1 aromatic carbocycles. The average Bonchev–Trinajstić information content (AvgIpc) is 2.66. The van der Waals surface area contributed by atoms with Gasteiger partial charge in [-0.05, 0) is 30.5 Å². The zero-order valence-electron chi connectivity index (χ0n) is 10.9. The number of aromatic nitrogens is 2. The molecule has 0 unspecified atom stereocenters. The third-order valence-corrected chi connectivity index (χ3v) is 4.52. The number of rotatable bonds is 5. The molecule has 0 radical (unpaired) electrons. The Labute approximate surface area is 123 Å². The molecule has 1 aliphatic carbocycles. The van der Waals surface area contributed by atoms with Gasteiger partial charge in [-0.15, -0.1) is 11.6 Å². The van der Waals surface area contributed by atoms with E-state index < -0.39 is 0 Å². The van der Waals surface area contributed by atoms with E-state index in [0.29, 0.717) is 5.88 Å². The number of nitrogens with zero attached hydrogens (tertiary/aromatic N) is 2. The van der Waals surface area contributed by atoms with Crippen molar-refractivity contribution in [2.24, 2.45) is 5.92 Å². The van der Waals surface area contributed by atoms with Crippen molar-refractivity contribution < 1.29 is 0 Å². The molecular formula is C15H18Cl2N2. The average molecular weight is 297 g/mol. The first-order chi connectivity index (χ1) is 9.28. The molecule has 3 rings (SSSR count). The quantitative estimate of drug-likeness (QED) is 0.734. The molecule has 0 amide bonds.